The summed E-state index contributed by atoms with van der Waals surface area (Å²) in [6, 6.07) is 0. The van der Waals surface area contributed by atoms with Crippen molar-refractivity contribution in [1.29, 1.82) is 0 Å². The fourth-order valence-corrected chi connectivity index (χ4v) is 1.75. The first kappa shape index (κ1) is 8.66. The number of halogens is 2. The molecule has 0 bridgehead atoms. The maximum atomic E-state index is 11.7. The first-order valence-electron chi connectivity index (χ1n) is 2.68. The number of hydrogen-bond donors (Lipinski definition) is 1. The minimum absolute atomic E-state index is 0.282. The van der Waals surface area contributed by atoms with Gasteiger partial charge in [-0.15, -0.1) is 10.2 Å². The van der Waals surface area contributed by atoms with Crippen molar-refractivity contribution in [3.8, 4) is 0 Å². The van der Waals surface area contributed by atoms with Crippen molar-refractivity contribution in [1.82, 2.24) is 10.2 Å². The molecule has 1 rings (SSSR count). The fourth-order valence-electron chi connectivity index (χ4n) is 0.435. The van der Waals surface area contributed by atoms with E-state index in [1.165, 1.54) is 0 Å². The standard InChI is InChI=1S/C4H5F2N3S2/c1-7-3-8-9-4(11-3)10-2(5)6/h2H,1H3,(H,7,8). The SMILES string of the molecule is CNc1nnc(SC(F)F)s1. The molecule has 0 spiro atoms. The Balaban J connectivity index is 2.58. The van der Waals surface area contributed by atoms with E-state index in [0.29, 0.717) is 16.9 Å². The van der Waals surface area contributed by atoms with Gasteiger partial charge in [-0.1, -0.05) is 11.3 Å². The highest BCUT2D eigenvalue weighted by Gasteiger charge is 2.09. The molecule has 1 aromatic rings. The van der Waals surface area contributed by atoms with Gasteiger partial charge >= 0.3 is 0 Å². The van der Waals surface area contributed by atoms with E-state index in [9.17, 15) is 8.78 Å². The summed E-state index contributed by atoms with van der Waals surface area (Å²) in [5, 5.41) is 10.4. The van der Waals surface area contributed by atoms with Crippen LogP contribution in [0.3, 0.4) is 0 Å². The smallest absolute Gasteiger partial charge is 0.291 e. The summed E-state index contributed by atoms with van der Waals surface area (Å²) in [7, 11) is 1.66. The highest BCUT2D eigenvalue weighted by Crippen LogP contribution is 2.29. The summed E-state index contributed by atoms with van der Waals surface area (Å²) in [6.07, 6.45) is 0. The van der Waals surface area contributed by atoms with Crippen molar-refractivity contribution in [2.75, 3.05) is 12.4 Å². The predicted molar refractivity (Wildman–Crippen MR) is 41.3 cm³/mol. The second-order valence-corrected chi connectivity index (χ2v) is 3.72. The largest absolute Gasteiger partial charge is 0.363 e. The first-order chi connectivity index (χ1) is 5.22. The molecule has 0 radical (unpaired) electrons. The zero-order chi connectivity index (χ0) is 8.27. The lowest BCUT2D eigenvalue weighted by Crippen LogP contribution is -1.84. The summed E-state index contributed by atoms with van der Waals surface area (Å²) in [6.45, 7) is 0. The zero-order valence-electron chi connectivity index (χ0n) is 5.54. The summed E-state index contributed by atoms with van der Waals surface area (Å²) < 4.78 is 23.7. The molecule has 0 aromatic carbocycles. The molecule has 1 aromatic heterocycles. The Morgan fingerprint density at radius 3 is 2.73 bits per heavy atom. The number of hydrogen-bond acceptors (Lipinski definition) is 5. The van der Waals surface area contributed by atoms with E-state index in [4.69, 9.17) is 0 Å². The van der Waals surface area contributed by atoms with Gasteiger partial charge in [0.2, 0.25) is 5.13 Å². The van der Waals surface area contributed by atoms with Gasteiger partial charge in [0, 0.05) is 7.05 Å². The second kappa shape index (κ2) is 3.82. The van der Waals surface area contributed by atoms with Crippen LogP contribution in [0.1, 0.15) is 0 Å². The van der Waals surface area contributed by atoms with Crippen LogP contribution in [0.25, 0.3) is 0 Å². The predicted octanol–water partition coefficient (Wildman–Crippen LogP) is 1.89. The Morgan fingerprint density at radius 1 is 1.55 bits per heavy atom. The molecule has 7 heteroatoms. The average molecular weight is 197 g/mol. The van der Waals surface area contributed by atoms with E-state index in [1.54, 1.807) is 7.05 Å². The van der Waals surface area contributed by atoms with Gasteiger partial charge in [0.15, 0.2) is 4.34 Å². The van der Waals surface area contributed by atoms with Gasteiger partial charge in [0.25, 0.3) is 5.76 Å². The van der Waals surface area contributed by atoms with Crippen LogP contribution < -0.4 is 5.32 Å². The molecule has 3 nitrogen and oxygen atoms in total. The van der Waals surface area contributed by atoms with Gasteiger partial charge in [-0.05, 0) is 11.8 Å². The first-order valence-corrected chi connectivity index (χ1v) is 4.38. The van der Waals surface area contributed by atoms with Crippen LogP contribution in [-0.4, -0.2) is 23.0 Å². The van der Waals surface area contributed by atoms with Gasteiger partial charge in [-0.2, -0.15) is 8.78 Å². The van der Waals surface area contributed by atoms with Crippen molar-refractivity contribution in [2.24, 2.45) is 0 Å². The van der Waals surface area contributed by atoms with E-state index in [2.05, 4.69) is 15.5 Å². The maximum Gasteiger partial charge on any atom is 0.291 e. The fraction of sp³-hybridized carbons (Fsp3) is 0.500. The van der Waals surface area contributed by atoms with Gasteiger partial charge in [0.1, 0.15) is 0 Å². The van der Waals surface area contributed by atoms with Crippen LogP contribution >= 0.6 is 23.1 Å². The highest BCUT2D eigenvalue weighted by atomic mass is 32.2. The summed E-state index contributed by atoms with van der Waals surface area (Å²) in [5.74, 6) is -2.42. The third-order valence-corrected chi connectivity index (χ3v) is 2.55. The Labute approximate surface area is 70.2 Å². The Kier molecular flexibility index (Phi) is 3.01. The molecule has 0 aliphatic carbocycles. The van der Waals surface area contributed by atoms with Crippen LogP contribution in [-0.2, 0) is 0 Å². The van der Waals surface area contributed by atoms with Crippen molar-refractivity contribution in [2.45, 2.75) is 10.1 Å². The Morgan fingerprint density at radius 2 is 2.27 bits per heavy atom. The summed E-state index contributed by atoms with van der Waals surface area (Å²) in [4.78, 5) is 0. The topological polar surface area (TPSA) is 37.8 Å². The summed E-state index contributed by atoms with van der Waals surface area (Å²) >= 11 is 1.52. The third-order valence-electron chi connectivity index (χ3n) is 0.810. The molecular formula is C4H5F2N3S2. The van der Waals surface area contributed by atoms with Gasteiger partial charge in [-0.25, -0.2) is 0 Å². The van der Waals surface area contributed by atoms with Crippen LogP contribution in [0.5, 0.6) is 0 Å². The van der Waals surface area contributed by atoms with Crippen LogP contribution in [0.4, 0.5) is 13.9 Å². The molecule has 0 atom stereocenters. The molecule has 0 saturated carbocycles. The van der Waals surface area contributed by atoms with Crippen LogP contribution in [0.15, 0.2) is 4.34 Å². The highest BCUT2D eigenvalue weighted by molar-refractivity contribution is 8.01. The molecular weight excluding hydrogens is 192 g/mol. The number of alkyl halides is 2. The van der Waals surface area contributed by atoms with Crippen LogP contribution in [0, 0.1) is 0 Å². The van der Waals surface area contributed by atoms with E-state index in [1.807, 2.05) is 0 Å². The molecule has 0 aliphatic rings. The van der Waals surface area contributed by atoms with Crippen molar-refractivity contribution in [3.63, 3.8) is 0 Å². The molecule has 1 N–H and O–H groups in total. The Hall–Kier alpha value is -0.430. The molecule has 0 saturated heterocycles. The monoisotopic (exact) mass is 197 g/mol. The normalized spacial score (nSPS) is 10.5. The number of rotatable bonds is 3. The van der Waals surface area contributed by atoms with Crippen molar-refractivity contribution < 1.29 is 8.78 Å². The van der Waals surface area contributed by atoms with E-state index in [-0.39, 0.29) is 4.34 Å². The van der Waals surface area contributed by atoms with Gasteiger partial charge < -0.3 is 5.32 Å². The molecule has 0 unspecified atom stereocenters. The molecule has 1 heterocycles. The lowest BCUT2D eigenvalue weighted by Gasteiger charge is -1.89. The number of nitrogens with zero attached hydrogens (tertiary/aromatic N) is 2. The van der Waals surface area contributed by atoms with Crippen molar-refractivity contribution >= 4 is 28.2 Å². The van der Waals surface area contributed by atoms with Gasteiger partial charge in [-0.3, -0.25) is 0 Å². The van der Waals surface area contributed by atoms with Crippen LogP contribution in [0.2, 0.25) is 0 Å². The Bertz CT molecular complexity index is 227. The molecule has 0 fully saturated rings. The lowest BCUT2D eigenvalue weighted by molar-refractivity contribution is 0.252. The lowest BCUT2D eigenvalue weighted by atomic mass is 11.1. The van der Waals surface area contributed by atoms with Crippen molar-refractivity contribution in [3.05, 3.63) is 0 Å². The minimum Gasteiger partial charge on any atom is -0.363 e. The number of aromatic nitrogens is 2. The maximum absolute atomic E-state index is 11.7. The number of anilines is 1. The molecule has 0 amide bonds. The quantitative estimate of drug-likeness (QED) is 0.751. The molecule has 62 valence electrons. The van der Waals surface area contributed by atoms with E-state index in [0.717, 1.165) is 11.3 Å². The molecule has 0 aliphatic heterocycles. The second-order valence-electron chi connectivity index (χ2n) is 1.50. The van der Waals surface area contributed by atoms with E-state index >= 15 is 0 Å². The zero-order valence-corrected chi connectivity index (χ0v) is 7.18. The van der Waals surface area contributed by atoms with E-state index < -0.39 is 5.76 Å². The molecule has 11 heavy (non-hydrogen) atoms. The number of thioether (sulfide) groups is 1. The van der Waals surface area contributed by atoms with Gasteiger partial charge in [0.05, 0.1) is 0 Å². The summed E-state index contributed by atoms with van der Waals surface area (Å²) in [5.41, 5.74) is 0. The minimum atomic E-state index is -2.42. The number of nitrogens with one attached hydrogen (secondary N) is 1. The average Bonchev–Trinajstić information content (AvgIpc) is 2.34. The third kappa shape index (κ3) is 2.58.